The van der Waals surface area contributed by atoms with E-state index in [-0.39, 0.29) is 11.7 Å². The fourth-order valence-electron chi connectivity index (χ4n) is 3.09. The van der Waals surface area contributed by atoms with Crippen molar-refractivity contribution in [3.63, 3.8) is 0 Å². The van der Waals surface area contributed by atoms with Crippen LogP contribution in [0.1, 0.15) is 51.4 Å². The van der Waals surface area contributed by atoms with Crippen LogP contribution in [0.15, 0.2) is 27.7 Å². The van der Waals surface area contributed by atoms with Crippen LogP contribution in [0.3, 0.4) is 0 Å². The zero-order chi connectivity index (χ0) is 16.6. The highest BCUT2D eigenvalue weighted by Gasteiger charge is 2.21. The predicted octanol–water partition coefficient (Wildman–Crippen LogP) is 3.38. The lowest BCUT2D eigenvalue weighted by Crippen LogP contribution is -2.22. The number of aromatic hydroxyl groups is 1. The monoisotopic (exact) mass is 312 g/mol. The smallest absolute Gasteiger partial charge is 0.274 e. The van der Waals surface area contributed by atoms with Crippen LogP contribution in [0, 0.1) is 20.8 Å². The van der Waals surface area contributed by atoms with Gasteiger partial charge in [-0.2, -0.15) is 5.10 Å². The maximum atomic E-state index is 12.2. The SMILES string of the molecule is Cc1cc(C(=O)N/N=C2\CCCc3c(C)ccc(O)c32)c(C)o1. The number of rotatable bonds is 2. The molecule has 1 aliphatic carbocycles. The molecule has 1 aromatic heterocycles. The van der Waals surface area contributed by atoms with Crippen LogP contribution in [0.25, 0.3) is 0 Å². The summed E-state index contributed by atoms with van der Waals surface area (Å²) in [6, 6.07) is 5.29. The zero-order valence-electron chi connectivity index (χ0n) is 13.6. The molecule has 1 heterocycles. The van der Waals surface area contributed by atoms with E-state index in [1.54, 1.807) is 26.0 Å². The largest absolute Gasteiger partial charge is 0.507 e. The van der Waals surface area contributed by atoms with Crippen LogP contribution < -0.4 is 5.43 Å². The highest BCUT2D eigenvalue weighted by Crippen LogP contribution is 2.31. The van der Waals surface area contributed by atoms with Gasteiger partial charge in [0.05, 0.1) is 11.3 Å². The number of phenolic OH excluding ortho intramolecular Hbond substituents is 1. The molecule has 2 N–H and O–H groups in total. The van der Waals surface area contributed by atoms with Crippen LogP contribution in [0.2, 0.25) is 0 Å². The molecule has 5 heteroatoms. The second-order valence-corrected chi connectivity index (χ2v) is 5.94. The maximum absolute atomic E-state index is 12.2. The predicted molar refractivity (Wildman–Crippen MR) is 88.0 cm³/mol. The summed E-state index contributed by atoms with van der Waals surface area (Å²) in [4.78, 5) is 12.2. The molecule has 5 nitrogen and oxygen atoms in total. The van der Waals surface area contributed by atoms with Crippen molar-refractivity contribution in [2.75, 3.05) is 0 Å². The molecule has 3 rings (SSSR count). The Morgan fingerprint density at radius 3 is 2.74 bits per heavy atom. The first kappa shape index (κ1) is 15.3. The molecular weight excluding hydrogens is 292 g/mol. The lowest BCUT2D eigenvalue weighted by Gasteiger charge is -2.20. The molecule has 1 aliphatic rings. The van der Waals surface area contributed by atoms with Gasteiger partial charge in [-0.25, -0.2) is 5.43 Å². The molecule has 0 spiro atoms. The molecule has 1 amide bonds. The van der Waals surface area contributed by atoms with Gasteiger partial charge in [0.1, 0.15) is 17.3 Å². The summed E-state index contributed by atoms with van der Waals surface area (Å²) < 4.78 is 5.37. The standard InChI is InChI=1S/C18H20N2O3/c1-10-7-8-16(21)17-13(10)5-4-6-15(17)19-20-18(22)14-9-11(2)23-12(14)3/h7-9,21H,4-6H2,1-3H3,(H,20,22)/b19-15+. The van der Waals surface area contributed by atoms with Gasteiger partial charge in [-0.15, -0.1) is 0 Å². The highest BCUT2D eigenvalue weighted by molar-refractivity contribution is 6.06. The summed E-state index contributed by atoms with van der Waals surface area (Å²) in [5, 5.41) is 14.4. The van der Waals surface area contributed by atoms with E-state index in [9.17, 15) is 9.90 Å². The normalized spacial score (nSPS) is 15.5. The van der Waals surface area contributed by atoms with Gasteiger partial charge in [0.15, 0.2) is 0 Å². The van der Waals surface area contributed by atoms with Crippen molar-refractivity contribution in [2.45, 2.75) is 40.0 Å². The number of phenols is 1. The first-order valence-electron chi connectivity index (χ1n) is 7.73. The fraction of sp³-hybridized carbons (Fsp3) is 0.333. The van der Waals surface area contributed by atoms with Gasteiger partial charge in [-0.1, -0.05) is 6.07 Å². The quantitative estimate of drug-likeness (QED) is 0.835. The lowest BCUT2D eigenvalue weighted by molar-refractivity contribution is 0.0953. The molecule has 1 aromatic carbocycles. The van der Waals surface area contributed by atoms with Crippen molar-refractivity contribution >= 4 is 11.6 Å². The number of hydrazone groups is 1. The Balaban J connectivity index is 1.89. The topological polar surface area (TPSA) is 74.8 Å². The highest BCUT2D eigenvalue weighted by atomic mass is 16.3. The van der Waals surface area contributed by atoms with E-state index in [1.165, 1.54) is 0 Å². The van der Waals surface area contributed by atoms with Gasteiger partial charge in [-0.05, 0) is 63.3 Å². The van der Waals surface area contributed by atoms with Crippen molar-refractivity contribution in [1.29, 1.82) is 0 Å². The van der Waals surface area contributed by atoms with E-state index in [4.69, 9.17) is 4.42 Å². The van der Waals surface area contributed by atoms with Gasteiger partial charge in [0, 0.05) is 5.56 Å². The zero-order valence-corrected chi connectivity index (χ0v) is 13.6. The minimum Gasteiger partial charge on any atom is -0.507 e. The minimum atomic E-state index is -0.300. The van der Waals surface area contributed by atoms with Crippen LogP contribution in [-0.4, -0.2) is 16.7 Å². The van der Waals surface area contributed by atoms with E-state index in [2.05, 4.69) is 10.5 Å². The molecule has 23 heavy (non-hydrogen) atoms. The van der Waals surface area contributed by atoms with E-state index >= 15 is 0 Å². The number of amides is 1. The molecular formula is C18H20N2O3. The summed E-state index contributed by atoms with van der Waals surface area (Å²) in [5.41, 5.74) is 6.80. The third-order valence-electron chi connectivity index (χ3n) is 4.23. The molecule has 0 bridgehead atoms. The first-order valence-corrected chi connectivity index (χ1v) is 7.73. The van der Waals surface area contributed by atoms with Crippen LogP contribution in [-0.2, 0) is 6.42 Å². The molecule has 120 valence electrons. The average molecular weight is 312 g/mol. The maximum Gasteiger partial charge on any atom is 0.274 e. The van der Waals surface area contributed by atoms with Gasteiger partial charge >= 0.3 is 0 Å². The number of benzene rings is 1. The fourth-order valence-corrected chi connectivity index (χ4v) is 3.09. The first-order chi connectivity index (χ1) is 11.0. The van der Waals surface area contributed by atoms with Gasteiger partial charge in [0.2, 0.25) is 0 Å². The lowest BCUT2D eigenvalue weighted by atomic mass is 9.86. The minimum absolute atomic E-state index is 0.216. The molecule has 0 radical (unpaired) electrons. The third-order valence-corrected chi connectivity index (χ3v) is 4.23. The second-order valence-electron chi connectivity index (χ2n) is 5.94. The number of nitrogens with one attached hydrogen (secondary N) is 1. The number of aryl methyl sites for hydroxylation is 3. The van der Waals surface area contributed by atoms with Crippen molar-refractivity contribution in [1.82, 2.24) is 5.43 Å². The molecule has 0 fully saturated rings. The summed E-state index contributed by atoms with van der Waals surface area (Å²) in [5.74, 6) is 1.18. The molecule has 0 atom stereocenters. The van der Waals surface area contributed by atoms with E-state index in [0.29, 0.717) is 17.1 Å². The summed E-state index contributed by atoms with van der Waals surface area (Å²) in [7, 11) is 0. The van der Waals surface area contributed by atoms with Gasteiger partial charge < -0.3 is 9.52 Å². The summed E-state index contributed by atoms with van der Waals surface area (Å²) in [6.45, 7) is 5.57. The van der Waals surface area contributed by atoms with Crippen LogP contribution >= 0.6 is 0 Å². The van der Waals surface area contributed by atoms with E-state index in [1.807, 2.05) is 13.0 Å². The number of carbonyl (C=O) groups is 1. The number of hydrogen-bond donors (Lipinski definition) is 2. The Morgan fingerprint density at radius 2 is 2.04 bits per heavy atom. The van der Waals surface area contributed by atoms with E-state index < -0.39 is 0 Å². The van der Waals surface area contributed by atoms with E-state index in [0.717, 1.165) is 41.7 Å². The second kappa shape index (κ2) is 5.91. The molecule has 2 aromatic rings. The van der Waals surface area contributed by atoms with Crippen LogP contribution in [0.4, 0.5) is 0 Å². The number of hydrogen-bond acceptors (Lipinski definition) is 4. The van der Waals surface area contributed by atoms with Crippen molar-refractivity contribution in [3.05, 3.63) is 52.0 Å². The molecule has 0 saturated heterocycles. The van der Waals surface area contributed by atoms with Crippen molar-refractivity contribution < 1.29 is 14.3 Å². The third kappa shape index (κ3) is 2.86. The Bertz CT molecular complexity index is 803. The Morgan fingerprint density at radius 1 is 1.26 bits per heavy atom. The van der Waals surface area contributed by atoms with Gasteiger partial charge in [0.25, 0.3) is 5.91 Å². The summed E-state index contributed by atoms with van der Waals surface area (Å²) >= 11 is 0. The molecule has 0 unspecified atom stereocenters. The van der Waals surface area contributed by atoms with Gasteiger partial charge in [-0.3, -0.25) is 4.79 Å². The molecule has 0 saturated carbocycles. The number of fused-ring (bicyclic) bond motifs is 1. The Hall–Kier alpha value is -2.56. The number of carbonyl (C=O) groups excluding carboxylic acids is 1. The number of nitrogens with zero attached hydrogens (tertiary/aromatic N) is 1. The summed E-state index contributed by atoms with van der Waals surface area (Å²) in [6.07, 6.45) is 2.60. The Kier molecular flexibility index (Phi) is 3.94. The van der Waals surface area contributed by atoms with Crippen LogP contribution in [0.5, 0.6) is 5.75 Å². The average Bonchev–Trinajstić information content (AvgIpc) is 2.87. The van der Waals surface area contributed by atoms with Crippen molar-refractivity contribution in [3.8, 4) is 5.75 Å². The molecule has 0 aliphatic heterocycles. The number of furan rings is 1. The Labute approximate surface area is 135 Å². The van der Waals surface area contributed by atoms with Crippen molar-refractivity contribution in [2.24, 2.45) is 5.10 Å².